The zero-order chi connectivity index (χ0) is 22.2. The second-order valence-electron chi connectivity index (χ2n) is 7.84. The van der Waals surface area contributed by atoms with Gasteiger partial charge in [0.05, 0.1) is 54.2 Å². The SMILES string of the molecule is Cc1nn(-c2cccc(Br)c2)c(C)c1C(=O)Cc1cc(N2CCOCC2)n2nccc2n1. The first kappa shape index (κ1) is 20.8. The molecule has 4 aromatic rings. The van der Waals surface area contributed by atoms with E-state index in [-0.39, 0.29) is 12.2 Å². The van der Waals surface area contributed by atoms with Crippen molar-refractivity contribution in [3.05, 3.63) is 69.7 Å². The van der Waals surface area contributed by atoms with E-state index >= 15 is 0 Å². The summed E-state index contributed by atoms with van der Waals surface area (Å²) < 4.78 is 10.1. The fourth-order valence-corrected chi connectivity index (χ4v) is 4.60. The van der Waals surface area contributed by atoms with Crippen LogP contribution in [0.25, 0.3) is 11.3 Å². The molecule has 0 amide bonds. The first-order valence-corrected chi connectivity index (χ1v) is 11.3. The highest BCUT2D eigenvalue weighted by atomic mass is 79.9. The lowest BCUT2D eigenvalue weighted by atomic mass is 10.0. The van der Waals surface area contributed by atoms with E-state index in [4.69, 9.17) is 4.74 Å². The molecule has 8 nitrogen and oxygen atoms in total. The number of carbonyl (C=O) groups is 1. The van der Waals surface area contributed by atoms with Gasteiger partial charge in [-0.3, -0.25) is 4.79 Å². The highest BCUT2D eigenvalue weighted by Crippen LogP contribution is 2.23. The molecule has 0 radical (unpaired) electrons. The molecule has 1 saturated heterocycles. The zero-order valence-electron chi connectivity index (χ0n) is 18.0. The van der Waals surface area contributed by atoms with Gasteiger partial charge in [0, 0.05) is 29.7 Å². The second-order valence-corrected chi connectivity index (χ2v) is 8.76. The number of carbonyl (C=O) groups excluding carboxylic acids is 1. The van der Waals surface area contributed by atoms with Crippen molar-refractivity contribution >= 4 is 33.2 Å². The van der Waals surface area contributed by atoms with Crippen LogP contribution in [0.15, 0.2) is 47.1 Å². The number of ether oxygens (including phenoxy) is 1. The van der Waals surface area contributed by atoms with Crippen molar-refractivity contribution in [2.75, 3.05) is 31.2 Å². The van der Waals surface area contributed by atoms with Crippen molar-refractivity contribution in [2.45, 2.75) is 20.3 Å². The Kier molecular flexibility index (Phi) is 5.52. The number of nitrogens with zero attached hydrogens (tertiary/aromatic N) is 6. The molecule has 1 aromatic carbocycles. The highest BCUT2D eigenvalue weighted by molar-refractivity contribution is 9.10. The molecule has 32 heavy (non-hydrogen) atoms. The maximum atomic E-state index is 13.4. The van der Waals surface area contributed by atoms with Crippen molar-refractivity contribution < 1.29 is 9.53 Å². The number of ketones is 1. The van der Waals surface area contributed by atoms with Gasteiger partial charge in [0.1, 0.15) is 5.82 Å². The van der Waals surface area contributed by atoms with Gasteiger partial charge in [-0.05, 0) is 32.0 Å². The topological polar surface area (TPSA) is 77.5 Å². The summed E-state index contributed by atoms with van der Waals surface area (Å²) in [4.78, 5) is 20.3. The number of hydrogen-bond acceptors (Lipinski definition) is 6. The third-order valence-electron chi connectivity index (χ3n) is 5.69. The van der Waals surface area contributed by atoms with Gasteiger partial charge in [-0.15, -0.1) is 0 Å². The van der Waals surface area contributed by atoms with E-state index in [9.17, 15) is 4.79 Å². The van der Waals surface area contributed by atoms with Gasteiger partial charge in [-0.1, -0.05) is 22.0 Å². The second kappa shape index (κ2) is 8.48. The van der Waals surface area contributed by atoms with E-state index in [1.165, 1.54) is 0 Å². The van der Waals surface area contributed by atoms with Gasteiger partial charge in [-0.25, -0.2) is 9.67 Å². The molecule has 0 N–H and O–H groups in total. The molecule has 1 aliphatic heterocycles. The van der Waals surface area contributed by atoms with Crippen LogP contribution < -0.4 is 4.90 Å². The molecule has 0 spiro atoms. The smallest absolute Gasteiger partial charge is 0.172 e. The van der Waals surface area contributed by atoms with Crippen LogP contribution in [0.2, 0.25) is 0 Å². The van der Waals surface area contributed by atoms with E-state index < -0.39 is 0 Å². The number of morpholine rings is 1. The molecule has 0 saturated carbocycles. The lowest BCUT2D eigenvalue weighted by Crippen LogP contribution is -2.37. The fourth-order valence-electron chi connectivity index (χ4n) is 4.21. The average Bonchev–Trinajstić information content (AvgIpc) is 3.37. The number of halogens is 1. The van der Waals surface area contributed by atoms with Crippen LogP contribution in [-0.2, 0) is 11.2 Å². The summed E-state index contributed by atoms with van der Waals surface area (Å²) >= 11 is 3.50. The lowest BCUT2D eigenvalue weighted by molar-refractivity contribution is 0.0990. The monoisotopic (exact) mass is 494 g/mol. The van der Waals surface area contributed by atoms with E-state index in [0.29, 0.717) is 24.5 Å². The maximum absolute atomic E-state index is 13.4. The fraction of sp³-hybridized carbons (Fsp3) is 0.304. The molecule has 4 heterocycles. The van der Waals surface area contributed by atoms with Crippen molar-refractivity contribution in [3.63, 3.8) is 0 Å². The number of aromatic nitrogens is 5. The minimum Gasteiger partial charge on any atom is -0.378 e. The van der Waals surface area contributed by atoms with Gasteiger partial charge in [0.15, 0.2) is 11.4 Å². The molecule has 1 aliphatic rings. The molecule has 5 rings (SSSR count). The number of fused-ring (bicyclic) bond motifs is 1. The number of aryl methyl sites for hydroxylation is 1. The van der Waals surface area contributed by atoms with Crippen LogP contribution in [0, 0.1) is 13.8 Å². The predicted molar refractivity (Wildman–Crippen MR) is 125 cm³/mol. The zero-order valence-corrected chi connectivity index (χ0v) is 19.5. The molecule has 0 unspecified atom stereocenters. The Hall–Kier alpha value is -3.04. The Morgan fingerprint density at radius 3 is 2.75 bits per heavy atom. The summed E-state index contributed by atoms with van der Waals surface area (Å²) in [5.74, 6) is 0.940. The third-order valence-corrected chi connectivity index (χ3v) is 6.19. The Labute approximate surface area is 193 Å². The van der Waals surface area contributed by atoms with Crippen LogP contribution in [0.3, 0.4) is 0 Å². The third kappa shape index (κ3) is 3.82. The molecule has 164 valence electrons. The Bertz CT molecular complexity index is 1310. The Morgan fingerprint density at radius 2 is 1.97 bits per heavy atom. The maximum Gasteiger partial charge on any atom is 0.172 e. The number of rotatable bonds is 5. The minimum absolute atomic E-state index is 0.00513. The summed E-state index contributed by atoms with van der Waals surface area (Å²) in [7, 11) is 0. The summed E-state index contributed by atoms with van der Waals surface area (Å²) in [6.45, 7) is 6.72. The molecule has 0 aliphatic carbocycles. The molecular weight excluding hydrogens is 472 g/mol. The van der Waals surface area contributed by atoms with Crippen LogP contribution in [0.4, 0.5) is 5.82 Å². The Balaban J connectivity index is 1.48. The largest absolute Gasteiger partial charge is 0.378 e. The van der Waals surface area contributed by atoms with Crippen molar-refractivity contribution in [3.8, 4) is 5.69 Å². The van der Waals surface area contributed by atoms with Crippen LogP contribution >= 0.6 is 15.9 Å². The van der Waals surface area contributed by atoms with Crippen LogP contribution in [0.1, 0.15) is 27.4 Å². The predicted octanol–water partition coefficient (Wildman–Crippen LogP) is 3.56. The molecule has 3 aromatic heterocycles. The van der Waals surface area contributed by atoms with E-state index in [2.05, 4.69) is 36.0 Å². The summed E-state index contributed by atoms with van der Waals surface area (Å²) in [5.41, 5.74) is 4.55. The summed E-state index contributed by atoms with van der Waals surface area (Å²) in [5, 5.41) is 9.05. The lowest BCUT2D eigenvalue weighted by Gasteiger charge is -2.29. The molecule has 1 fully saturated rings. The standard InChI is InChI=1S/C23H23BrN6O2/c1-15-23(16(2)29(27-15)19-5-3-4-17(24)12-19)20(31)13-18-14-22(28-8-10-32-11-9-28)30-21(26-18)6-7-25-30/h3-7,12,14H,8-11,13H2,1-2H3. The number of hydrogen-bond donors (Lipinski definition) is 0. The van der Waals surface area contributed by atoms with Crippen LogP contribution in [-0.4, -0.2) is 56.5 Å². The molecule has 0 atom stereocenters. The molecule has 9 heteroatoms. The number of benzene rings is 1. The molecule has 0 bridgehead atoms. The van der Waals surface area contributed by atoms with Crippen molar-refractivity contribution in [2.24, 2.45) is 0 Å². The van der Waals surface area contributed by atoms with Crippen LogP contribution in [0.5, 0.6) is 0 Å². The van der Waals surface area contributed by atoms with Gasteiger partial charge >= 0.3 is 0 Å². The average molecular weight is 495 g/mol. The normalized spacial score (nSPS) is 14.3. The van der Waals surface area contributed by atoms with E-state index in [1.807, 2.05) is 59.4 Å². The van der Waals surface area contributed by atoms with E-state index in [1.54, 1.807) is 6.20 Å². The number of Topliss-reactive ketones (excluding diaryl/α,β-unsaturated/α-hetero) is 1. The quantitative estimate of drug-likeness (QED) is 0.394. The highest BCUT2D eigenvalue weighted by Gasteiger charge is 2.22. The first-order valence-electron chi connectivity index (χ1n) is 10.5. The summed E-state index contributed by atoms with van der Waals surface area (Å²) in [6.07, 6.45) is 1.93. The Morgan fingerprint density at radius 1 is 1.16 bits per heavy atom. The van der Waals surface area contributed by atoms with Gasteiger partial charge in [0.2, 0.25) is 0 Å². The summed E-state index contributed by atoms with van der Waals surface area (Å²) in [6, 6.07) is 11.7. The van der Waals surface area contributed by atoms with E-state index in [0.717, 1.165) is 46.1 Å². The number of anilines is 1. The minimum atomic E-state index is 0.00513. The van der Waals surface area contributed by atoms with Gasteiger partial charge in [0.25, 0.3) is 0 Å². The van der Waals surface area contributed by atoms with Gasteiger partial charge < -0.3 is 9.64 Å². The first-order chi connectivity index (χ1) is 15.5. The molecular formula is C23H23BrN6O2. The van der Waals surface area contributed by atoms with Gasteiger partial charge in [-0.2, -0.15) is 14.7 Å². The van der Waals surface area contributed by atoms with Crippen molar-refractivity contribution in [1.82, 2.24) is 24.4 Å². The van der Waals surface area contributed by atoms with Crippen molar-refractivity contribution in [1.29, 1.82) is 0 Å².